The summed E-state index contributed by atoms with van der Waals surface area (Å²) in [5.41, 5.74) is 7.97. The number of hydrogen-bond acceptors (Lipinski definition) is 5. The van der Waals surface area contributed by atoms with E-state index in [9.17, 15) is 9.59 Å². The molecule has 0 saturated carbocycles. The number of nitrogens with zero attached hydrogens (tertiary/aromatic N) is 2. The maximum atomic E-state index is 12.2. The first-order valence-corrected chi connectivity index (χ1v) is 8.28. The number of carbonyl (C=O) groups excluding carboxylic acids is 1. The van der Waals surface area contributed by atoms with Crippen LogP contribution in [0.3, 0.4) is 0 Å². The van der Waals surface area contributed by atoms with Crippen LogP contribution in [0.2, 0.25) is 0 Å². The number of methoxy groups -OCH3 is 1. The van der Waals surface area contributed by atoms with Crippen molar-refractivity contribution >= 4 is 11.8 Å². The van der Waals surface area contributed by atoms with E-state index in [2.05, 4.69) is 14.8 Å². The first-order chi connectivity index (χ1) is 13.0. The normalized spacial score (nSPS) is 10.6. The van der Waals surface area contributed by atoms with Crippen molar-refractivity contribution in [3.8, 4) is 17.1 Å². The molecule has 3 rings (SSSR count). The fourth-order valence-corrected chi connectivity index (χ4v) is 2.59. The summed E-state index contributed by atoms with van der Waals surface area (Å²) in [4.78, 5) is 26.2. The summed E-state index contributed by atoms with van der Waals surface area (Å²) in [5.74, 6) is 0.150. The first-order valence-electron chi connectivity index (χ1n) is 8.28. The number of nitrogen functional groups attached to an aromatic ring is 1. The molecule has 0 aliphatic heterocycles. The highest BCUT2D eigenvalue weighted by Gasteiger charge is 2.10. The number of hydrogen-bond donors (Lipinski definition) is 3. The molecule has 0 aliphatic carbocycles. The van der Waals surface area contributed by atoms with Gasteiger partial charge in [-0.2, -0.15) is 4.68 Å². The Bertz CT molecular complexity index is 1020. The van der Waals surface area contributed by atoms with Crippen LogP contribution in [0.15, 0.2) is 53.3 Å². The summed E-state index contributed by atoms with van der Waals surface area (Å²) in [5, 5.41) is 11.7. The zero-order valence-electron chi connectivity index (χ0n) is 14.7. The predicted octanol–water partition coefficient (Wildman–Crippen LogP) is 1.62. The van der Waals surface area contributed by atoms with Crippen LogP contribution in [0.4, 0.5) is 0 Å². The van der Waals surface area contributed by atoms with Crippen molar-refractivity contribution in [3.63, 3.8) is 0 Å². The summed E-state index contributed by atoms with van der Waals surface area (Å²) in [7, 11) is 1.37. The van der Waals surface area contributed by atoms with Crippen molar-refractivity contribution < 1.29 is 9.53 Å². The van der Waals surface area contributed by atoms with Gasteiger partial charge in [-0.05, 0) is 36.2 Å². The van der Waals surface area contributed by atoms with Gasteiger partial charge in [-0.15, -0.1) is 5.10 Å². The minimum absolute atomic E-state index is 0.0381. The van der Waals surface area contributed by atoms with Crippen molar-refractivity contribution in [1.82, 2.24) is 14.8 Å². The predicted molar refractivity (Wildman–Crippen MR) is 101 cm³/mol. The van der Waals surface area contributed by atoms with E-state index in [0.29, 0.717) is 29.9 Å². The molecular formula is C19H19N5O3. The van der Waals surface area contributed by atoms with Crippen LogP contribution < -0.4 is 11.4 Å². The molecule has 8 nitrogen and oxygen atoms in total. The third-order valence-corrected chi connectivity index (χ3v) is 4.11. The number of rotatable bonds is 6. The van der Waals surface area contributed by atoms with Crippen molar-refractivity contribution in [2.75, 3.05) is 7.11 Å². The summed E-state index contributed by atoms with van der Waals surface area (Å²) in [6, 6.07) is 14.1. The van der Waals surface area contributed by atoms with Crippen molar-refractivity contribution in [2.45, 2.75) is 12.8 Å². The third kappa shape index (κ3) is 4.12. The molecule has 138 valence electrons. The largest absolute Gasteiger partial charge is 0.469 e. The van der Waals surface area contributed by atoms with Gasteiger partial charge in [-0.25, -0.2) is 4.79 Å². The van der Waals surface area contributed by atoms with E-state index < -0.39 is 0 Å². The summed E-state index contributed by atoms with van der Waals surface area (Å²) < 4.78 is 5.89. The molecule has 4 N–H and O–H groups in total. The van der Waals surface area contributed by atoms with Gasteiger partial charge >= 0.3 is 11.7 Å². The molecule has 8 heteroatoms. The Morgan fingerprint density at radius 2 is 1.85 bits per heavy atom. The van der Waals surface area contributed by atoms with E-state index in [1.54, 1.807) is 24.3 Å². The molecule has 27 heavy (non-hydrogen) atoms. The number of esters is 1. The van der Waals surface area contributed by atoms with Gasteiger partial charge in [0.05, 0.1) is 12.8 Å². The molecule has 0 radical (unpaired) electrons. The second-order valence-electron chi connectivity index (χ2n) is 5.92. The number of nitrogens with two attached hydrogens (primary N) is 1. The molecule has 0 saturated heterocycles. The number of aromatic amines is 1. The maximum absolute atomic E-state index is 12.2. The van der Waals surface area contributed by atoms with Gasteiger partial charge < -0.3 is 10.5 Å². The number of nitrogens with one attached hydrogen (secondary N) is 2. The van der Waals surface area contributed by atoms with E-state index in [1.807, 2.05) is 24.3 Å². The minimum atomic E-state index is -0.365. The summed E-state index contributed by atoms with van der Waals surface area (Å²) >= 11 is 0. The average Bonchev–Trinajstić information content (AvgIpc) is 3.08. The van der Waals surface area contributed by atoms with Crippen LogP contribution in [0, 0.1) is 5.41 Å². The Morgan fingerprint density at radius 1 is 1.19 bits per heavy atom. The number of carbonyl (C=O) groups is 1. The SMILES string of the molecule is COC(=O)CCc1ccc(-c2nn(-c3ccc(C(=N)N)cc3)c(=O)[nH]2)cc1. The van der Waals surface area contributed by atoms with E-state index in [-0.39, 0.29) is 17.5 Å². The topological polar surface area (TPSA) is 127 Å². The summed E-state index contributed by atoms with van der Waals surface area (Å²) in [6.45, 7) is 0. The Labute approximate surface area is 155 Å². The number of H-pyrrole nitrogens is 1. The Balaban J connectivity index is 1.80. The zero-order chi connectivity index (χ0) is 19.4. The van der Waals surface area contributed by atoms with Gasteiger partial charge in [0.15, 0.2) is 5.82 Å². The molecule has 0 bridgehead atoms. The van der Waals surface area contributed by atoms with Gasteiger partial charge in [0.2, 0.25) is 0 Å². The van der Waals surface area contributed by atoms with Gasteiger partial charge in [0, 0.05) is 17.5 Å². The Morgan fingerprint density at radius 3 is 2.44 bits per heavy atom. The van der Waals surface area contributed by atoms with Gasteiger partial charge in [-0.3, -0.25) is 15.2 Å². The van der Waals surface area contributed by atoms with Crippen LogP contribution in [-0.2, 0) is 16.0 Å². The number of aryl methyl sites for hydroxylation is 1. The Kier molecular flexibility index (Phi) is 5.16. The number of benzene rings is 2. The molecule has 0 unspecified atom stereocenters. The molecule has 1 aromatic heterocycles. The number of ether oxygens (including phenoxy) is 1. The van der Waals surface area contributed by atoms with E-state index in [0.717, 1.165) is 11.1 Å². The molecular weight excluding hydrogens is 346 g/mol. The van der Waals surface area contributed by atoms with Gasteiger partial charge in [0.25, 0.3) is 0 Å². The molecule has 0 fully saturated rings. The molecule has 0 spiro atoms. The fourth-order valence-electron chi connectivity index (χ4n) is 2.59. The number of aromatic nitrogens is 3. The minimum Gasteiger partial charge on any atom is -0.469 e. The molecule has 2 aromatic carbocycles. The van der Waals surface area contributed by atoms with Crippen LogP contribution in [0.1, 0.15) is 17.5 Å². The Hall–Kier alpha value is -3.68. The zero-order valence-corrected chi connectivity index (χ0v) is 14.7. The van der Waals surface area contributed by atoms with E-state index in [4.69, 9.17) is 11.1 Å². The first kappa shape index (κ1) is 18.1. The lowest BCUT2D eigenvalue weighted by Crippen LogP contribution is -2.16. The smallest absolute Gasteiger partial charge is 0.348 e. The lowest BCUT2D eigenvalue weighted by Gasteiger charge is -2.03. The number of amidine groups is 1. The maximum Gasteiger partial charge on any atom is 0.348 e. The highest BCUT2D eigenvalue weighted by atomic mass is 16.5. The van der Waals surface area contributed by atoms with Crippen molar-refractivity contribution in [1.29, 1.82) is 5.41 Å². The second-order valence-corrected chi connectivity index (χ2v) is 5.92. The molecule has 0 atom stereocenters. The van der Waals surface area contributed by atoms with Crippen LogP contribution in [-0.4, -0.2) is 33.7 Å². The monoisotopic (exact) mass is 365 g/mol. The van der Waals surface area contributed by atoms with Crippen molar-refractivity contribution in [3.05, 3.63) is 70.1 Å². The van der Waals surface area contributed by atoms with Crippen LogP contribution in [0.25, 0.3) is 17.1 Å². The quantitative estimate of drug-likeness (QED) is 0.347. The molecule has 0 aliphatic rings. The molecule has 0 amide bonds. The van der Waals surface area contributed by atoms with Gasteiger partial charge in [0.1, 0.15) is 5.84 Å². The summed E-state index contributed by atoms with van der Waals surface area (Å²) in [6.07, 6.45) is 0.901. The molecule has 3 aromatic rings. The average molecular weight is 365 g/mol. The van der Waals surface area contributed by atoms with Crippen molar-refractivity contribution in [2.24, 2.45) is 5.73 Å². The highest BCUT2D eigenvalue weighted by molar-refractivity contribution is 5.95. The highest BCUT2D eigenvalue weighted by Crippen LogP contribution is 2.16. The molecule has 1 heterocycles. The van der Waals surface area contributed by atoms with E-state index >= 15 is 0 Å². The second kappa shape index (κ2) is 7.69. The van der Waals surface area contributed by atoms with E-state index in [1.165, 1.54) is 11.8 Å². The lowest BCUT2D eigenvalue weighted by molar-refractivity contribution is -0.140. The standard InChI is InChI=1S/C19H19N5O3/c1-27-16(25)11-4-12-2-5-14(6-3-12)18-22-19(26)24(23-18)15-9-7-13(8-10-15)17(20)21/h2-3,5-10H,4,11H2,1H3,(H3,20,21)(H,22,23,26). The van der Waals surface area contributed by atoms with Crippen LogP contribution >= 0.6 is 0 Å². The fraction of sp³-hybridized carbons (Fsp3) is 0.158. The third-order valence-electron chi connectivity index (χ3n) is 4.11. The van der Waals surface area contributed by atoms with Gasteiger partial charge in [-0.1, -0.05) is 24.3 Å². The lowest BCUT2D eigenvalue weighted by atomic mass is 10.1. The van der Waals surface area contributed by atoms with Crippen LogP contribution in [0.5, 0.6) is 0 Å².